The zero-order chi connectivity index (χ0) is 8.27. The first-order valence-corrected chi connectivity index (χ1v) is 3.56. The molecule has 0 aromatic carbocycles. The fourth-order valence-corrected chi connectivity index (χ4v) is 0.726. The van der Waals surface area contributed by atoms with Crippen LogP contribution >= 0.6 is 12.2 Å². The molecule has 0 N–H and O–H groups in total. The Kier molecular flexibility index (Phi) is 2.64. The van der Waals surface area contributed by atoms with Gasteiger partial charge >= 0.3 is 6.16 Å². The Morgan fingerprint density at radius 3 is 3.09 bits per heavy atom. The molecule has 62 valence electrons. The van der Waals surface area contributed by atoms with Gasteiger partial charge in [-0.1, -0.05) is 0 Å². The van der Waals surface area contributed by atoms with Crippen LogP contribution in [0.25, 0.3) is 0 Å². The summed E-state index contributed by atoms with van der Waals surface area (Å²) in [6.07, 6.45) is -0.943. The number of cyclic esters (lactones) is 2. The summed E-state index contributed by atoms with van der Waals surface area (Å²) < 4.78 is 14.1. The highest BCUT2D eigenvalue weighted by Gasteiger charge is 2.25. The Hall–Kier alpha value is -0.840. The lowest BCUT2D eigenvalue weighted by Crippen LogP contribution is -2.18. The summed E-state index contributed by atoms with van der Waals surface area (Å²) in [4.78, 5) is 10.4. The molecule has 5 heteroatoms. The molecule has 0 aromatic heterocycles. The van der Waals surface area contributed by atoms with Gasteiger partial charge in [0.2, 0.25) is 0 Å². The van der Waals surface area contributed by atoms with Crippen molar-refractivity contribution in [3.05, 3.63) is 0 Å². The van der Waals surface area contributed by atoms with Gasteiger partial charge in [-0.15, -0.1) is 0 Å². The van der Waals surface area contributed by atoms with Crippen LogP contribution < -0.4 is 0 Å². The first-order valence-electron chi connectivity index (χ1n) is 3.15. The molecule has 0 aliphatic carbocycles. The van der Waals surface area contributed by atoms with Gasteiger partial charge in [0.15, 0.2) is 11.2 Å². The summed E-state index contributed by atoms with van der Waals surface area (Å²) in [5, 5.41) is 0.438. The molecule has 11 heavy (non-hydrogen) atoms. The molecule has 1 saturated heterocycles. The fourth-order valence-electron chi connectivity index (χ4n) is 0.658. The second-order valence-corrected chi connectivity index (χ2v) is 2.68. The van der Waals surface area contributed by atoms with Crippen molar-refractivity contribution in [1.29, 1.82) is 0 Å². The minimum atomic E-state index is -0.638. The van der Waals surface area contributed by atoms with E-state index in [-0.39, 0.29) is 19.3 Å². The number of hydrogen-bond acceptors (Lipinski definition) is 5. The van der Waals surface area contributed by atoms with E-state index in [0.717, 1.165) is 0 Å². The van der Waals surface area contributed by atoms with Crippen LogP contribution in [0.2, 0.25) is 0 Å². The van der Waals surface area contributed by atoms with Crippen LogP contribution in [0.4, 0.5) is 4.79 Å². The van der Waals surface area contributed by atoms with Crippen LogP contribution in [0.15, 0.2) is 0 Å². The van der Waals surface area contributed by atoms with Crippen molar-refractivity contribution < 1.29 is 19.0 Å². The van der Waals surface area contributed by atoms with E-state index in [1.165, 1.54) is 0 Å². The van der Waals surface area contributed by atoms with Gasteiger partial charge in [0.05, 0.1) is 0 Å². The topological polar surface area (TPSA) is 44.8 Å². The molecule has 1 aliphatic rings. The molecule has 0 bridgehead atoms. The number of rotatable bonds is 2. The van der Waals surface area contributed by atoms with Crippen molar-refractivity contribution >= 4 is 23.4 Å². The molecule has 0 amide bonds. The molecule has 0 radical (unpaired) electrons. The molecule has 1 fully saturated rings. The van der Waals surface area contributed by atoms with E-state index in [2.05, 4.69) is 21.7 Å². The van der Waals surface area contributed by atoms with Gasteiger partial charge in [0, 0.05) is 6.92 Å². The molecular weight excluding hydrogens is 168 g/mol. The molecule has 1 rings (SSSR count). The van der Waals surface area contributed by atoms with E-state index < -0.39 is 6.16 Å². The maximum Gasteiger partial charge on any atom is 0.508 e. The van der Waals surface area contributed by atoms with E-state index >= 15 is 0 Å². The predicted octanol–water partition coefficient (Wildman–Crippen LogP) is 0.886. The van der Waals surface area contributed by atoms with Crippen molar-refractivity contribution in [2.45, 2.75) is 13.0 Å². The lowest BCUT2D eigenvalue weighted by molar-refractivity contribution is 0.0962. The number of carbonyl (C=O) groups excluding carboxylic acids is 1. The monoisotopic (exact) mass is 176 g/mol. The van der Waals surface area contributed by atoms with Crippen LogP contribution in [0.3, 0.4) is 0 Å². The van der Waals surface area contributed by atoms with Crippen LogP contribution in [0, 0.1) is 0 Å². The molecule has 0 saturated carbocycles. The summed E-state index contributed by atoms with van der Waals surface area (Å²) in [6, 6.07) is 0. The highest BCUT2D eigenvalue weighted by atomic mass is 32.1. The minimum absolute atomic E-state index is 0.251. The normalized spacial score (nSPS) is 22.3. The Bertz CT molecular complexity index is 179. The molecular formula is C6H8O4S. The molecule has 0 spiro atoms. The van der Waals surface area contributed by atoms with E-state index in [4.69, 9.17) is 4.74 Å². The minimum Gasteiger partial charge on any atom is -0.483 e. The molecule has 1 heterocycles. The van der Waals surface area contributed by atoms with E-state index in [0.29, 0.717) is 5.05 Å². The second-order valence-electron chi connectivity index (χ2n) is 2.10. The third kappa shape index (κ3) is 2.71. The summed E-state index contributed by atoms with van der Waals surface area (Å²) >= 11 is 4.66. The first kappa shape index (κ1) is 8.26. The van der Waals surface area contributed by atoms with Gasteiger partial charge in [-0.2, -0.15) is 0 Å². The highest BCUT2D eigenvalue weighted by molar-refractivity contribution is 7.80. The van der Waals surface area contributed by atoms with Gasteiger partial charge < -0.3 is 14.2 Å². The number of hydrogen-bond donors (Lipinski definition) is 0. The smallest absolute Gasteiger partial charge is 0.483 e. The lowest BCUT2D eigenvalue weighted by atomic mass is 10.4. The largest absolute Gasteiger partial charge is 0.508 e. The van der Waals surface area contributed by atoms with Crippen LogP contribution in [0.1, 0.15) is 6.92 Å². The number of carbonyl (C=O) groups is 1. The molecule has 1 atom stereocenters. The molecule has 0 aromatic rings. The third-order valence-electron chi connectivity index (χ3n) is 1.12. The van der Waals surface area contributed by atoms with Crippen molar-refractivity contribution in [1.82, 2.24) is 0 Å². The summed E-state index contributed by atoms with van der Waals surface area (Å²) in [7, 11) is 0. The predicted molar refractivity (Wildman–Crippen MR) is 40.4 cm³/mol. The van der Waals surface area contributed by atoms with Crippen LogP contribution in [0.5, 0.6) is 0 Å². The molecule has 4 nitrogen and oxygen atoms in total. The van der Waals surface area contributed by atoms with E-state index in [9.17, 15) is 4.79 Å². The number of ether oxygens (including phenoxy) is 3. The average molecular weight is 176 g/mol. The Morgan fingerprint density at radius 2 is 2.64 bits per heavy atom. The van der Waals surface area contributed by atoms with Crippen LogP contribution in [-0.4, -0.2) is 30.5 Å². The maximum absolute atomic E-state index is 10.4. The summed E-state index contributed by atoms with van der Waals surface area (Å²) in [5.41, 5.74) is 0. The van der Waals surface area contributed by atoms with E-state index in [1.54, 1.807) is 6.92 Å². The van der Waals surface area contributed by atoms with Crippen molar-refractivity contribution in [3.63, 3.8) is 0 Å². The van der Waals surface area contributed by atoms with Gasteiger partial charge in [-0.25, -0.2) is 4.79 Å². The molecule has 1 unspecified atom stereocenters. The highest BCUT2D eigenvalue weighted by Crippen LogP contribution is 2.06. The van der Waals surface area contributed by atoms with Crippen molar-refractivity contribution in [2.24, 2.45) is 0 Å². The van der Waals surface area contributed by atoms with E-state index in [1.807, 2.05) is 0 Å². The summed E-state index contributed by atoms with van der Waals surface area (Å²) in [6.45, 7) is 2.19. The quantitative estimate of drug-likeness (QED) is 0.461. The SMILES string of the molecule is CC(=S)OCC1COC(=O)O1. The van der Waals surface area contributed by atoms with Gasteiger partial charge in [0.25, 0.3) is 0 Å². The molecule has 1 aliphatic heterocycles. The zero-order valence-electron chi connectivity index (χ0n) is 6.03. The van der Waals surface area contributed by atoms with Crippen molar-refractivity contribution in [2.75, 3.05) is 13.2 Å². The number of thiocarbonyl (C=S) groups is 1. The Morgan fingerprint density at radius 1 is 1.91 bits per heavy atom. The Balaban J connectivity index is 2.18. The summed E-state index contributed by atoms with van der Waals surface area (Å²) in [5.74, 6) is 0. The zero-order valence-corrected chi connectivity index (χ0v) is 6.85. The Labute approximate surface area is 69.4 Å². The van der Waals surface area contributed by atoms with Crippen LogP contribution in [-0.2, 0) is 14.2 Å². The van der Waals surface area contributed by atoms with Gasteiger partial charge in [-0.05, 0) is 12.2 Å². The van der Waals surface area contributed by atoms with Crippen molar-refractivity contribution in [3.8, 4) is 0 Å². The lowest BCUT2D eigenvalue weighted by Gasteiger charge is -2.06. The first-order chi connectivity index (χ1) is 5.18. The maximum atomic E-state index is 10.4. The van der Waals surface area contributed by atoms with Gasteiger partial charge in [-0.3, -0.25) is 0 Å². The van der Waals surface area contributed by atoms with Gasteiger partial charge in [0.1, 0.15) is 13.2 Å². The average Bonchev–Trinajstić information content (AvgIpc) is 2.31. The fraction of sp³-hybridized carbons (Fsp3) is 0.667. The second kappa shape index (κ2) is 3.52. The third-order valence-corrected chi connectivity index (χ3v) is 1.24. The standard InChI is InChI=1S/C6H8O4S/c1-4(11)8-2-5-3-9-6(7)10-5/h5H,2-3H2,1H3.